The van der Waals surface area contributed by atoms with Gasteiger partial charge in [-0.15, -0.1) is 0 Å². The van der Waals surface area contributed by atoms with Crippen molar-refractivity contribution in [3.8, 4) is 0 Å². The molecule has 0 amide bonds. The van der Waals surface area contributed by atoms with Crippen LogP contribution in [0.25, 0.3) is 0 Å². The molecule has 1 aromatic carbocycles. The number of nitrogen functional groups attached to an aromatic ring is 1. The number of anilines is 1. The average Bonchev–Trinajstić information content (AvgIpc) is 3.24. The molecule has 0 atom stereocenters. The van der Waals surface area contributed by atoms with Crippen LogP contribution in [0.1, 0.15) is 31.2 Å². The number of hydrogen-bond donors (Lipinski definition) is 2. The molecule has 0 heterocycles. The van der Waals surface area contributed by atoms with Crippen molar-refractivity contribution in [2.24, 2.45) is 11.8 Å². The van der Waals surface area contributed by atoms with Gasteiger partial charge in [0.2, 0.25) is 10.0 Å². The van der Waals surface area contributed by atoms with Gasteiger partial charge in [-0.1, -0.05) is 11.6 Å². The lowest BCUT2D eigenvalue weighted by Gasteiger charge is -2.18. The Morgan fingerprint density at radius 3 is 2.30 bits per heavy atom. The van der Waals surface area contributed by atoms with Gasteiger partial charge in [-0.05, 0) is 62.1 Å². The van der Waals surface area contributed by atoms with Crippen molar-refractivity contribution in [2.45, 2.75) is 43.5 Å². The second-order valence-corrected chi connectivity index (χ2v) is 8.05. The third kappa shape index (κ3) is 2.80. The highest BCUT2D eigenvalue weighted by Gasteiger charge is 2.43. The standard InChI is InChI=1S/C14H19ClN2O2S/c1-8-6-11(15)13(7-12(8)16)20(18,19)17-14(9-2-3-9)10-4-5-10/h6-7,9-10,14,17H,2-5,16H2,1H3. The average molecular weight is 315 g/mol. The zero-order valence-electron chi connectivity index (χ0n) is 11.4. The SMILES string of the molecule is Cc1cc(Cl)c(S(=O)(=O)NC(C2CC2)C2CC2)cc1N. The second-order valence-electron chi connectivity index (χ2n) is 5.96. The molecule has 2 aliphatic rings. The highest BCUT2D eigenvalue weighted by Crippen LogP contribution is 2.45. The van der Waals surface area contributed by atoms with E-state index in [0.717, 1.165) is 31.2 Å². The Balaban J connectivity index is 1.89. The number of nitrogens with one attached hydrogen (secondary N) is 1. The largest absolute Gasteiger partial charge is 0.398 e. The van der Waals surface area contributed by atoms with Crippen molar-refractivity contribution >= 4 is 27.3 Å². The van der Waals surface area contributed by atoms with Gasteiger partial charge in [0, 0.05) is 11.7 Å². The maximum atomic E-state index is 12.5. The van der Waals surface area contributed by atoms with Crippen LogP contribution in [-0.2, 0) is 10.0 Å². The van der Waals surface area contributed by atoms with Gasteiger partial charge in [0.1, 0.15) is 4.90 Å². The van der Waals surface area contributed by atoms with Crippen LogP contribution >= 0.6 is 11.6 Å². The maximum Gasteiger partial charge on any atom is 0.242 e. The van der Waals surface area contributed by atoms with Gasteiger partial charge in [-0.25, -0.2) is 13.1 Å². The van der Waals surface area contributed by atoms with Gasteiger partial charge < -0.3 is 5.73 Å². The summed E-state index contributed by atoms with van der Waals surface area (Å²) in [6.45, 7) is 1.81. The van der Waals surface area contributed by atoms with Crippen molar-refractivity contribution in [3.05, 3.63) is 22.7 Å². The molecular formula is C14H19ClN2O2S. The number of halogens is 1. The zero-order chi connectivity index (χ0) is 14.5. The molecule has 0 spiro atoms. The minimum absolute atomic E-state index is 0.0681. The molecule has 3 rings (SSSR count). The lowest BCUT2D eigenvalue weighted by atomic mass is 10.1. The van der Waals surface area contributed by atoms with Crippen LogP contribution in [0.15, 0.2) is 17.0 Å². The van der Waals surface area contributed by atoms with Crippen LogP contribution < -0.4 is 10.5 Å². The Morgan fingerprint density at radius 1 is 1.25 bits per heavy atom. The first-order valence-electron chi connectivity index (χ1n) is 6.96. The lowest BCUT2D eigenvalue weighted by Crippen LogP contribution is -2.38. The monoisotopic (exact) mass is 314 g/mol. The molecule has 3 N–H and O–H groups in total. The van der Waals surface area contributed by atoms with E-state index >= 15 is 0 Å². The number of aryl methyl sites for hydroxylation is 1. The Bertz CT molecular complexity index is 625. The van der Waals surface area contributed by atoms with Crippen LogP contribution in [0.3, 0.4) is 0 Å². The van der Waals surface area contributed by atoms with E-state index in [0.29, 0.717) is 17.5 Å². The molecule has 0 aromatic heterocycles. The molecule has 1 aromatic rings. The fraction of sp³-hybridized carbons (Fsp3) is 0.571. The van der Waals surface area contributed by atoms with Gasteiger partial charge in [0.15, 0.2) is 0 Å². The van der Waals surface area contributed by atoms with Crippen LogP contribution in [0, 0.1) is 18.8 Å². The van der Waals surface area contributed by atoms with E-state index in [4.69, 9.17) is 17.3 Å². The van der Waals surface area contributed by atoms with E-state index in [2.05, 4.69) is 4.72 Å². The van der Waals surface area contributed by atoms with Gasteiger partial charge >= 0.3 is 0 Å². The first-order chi connectivity index (χ1) is 9.38. The summed E-state index contributed by atoms with van der Waals surface area (Å²) in [4.78, 5) is 0.0913. The first-order valence-corrected chi connectivity index (χ1v) is 8.82. The third-order valence-corrected chi connectivity index (χ3v) is 6.09. The first kappa shape index (κ1) is 14.2. The molecule has 110 valence electrons. The fourth-order valence-corrected chi connectivity index (χ4v) is 4.60. The summed E-state index contributed by atoms with van der Waals surface area (Å²) in [6.07, 6.45) is 4.47. The quantitative estimate of drug-likeness (QED) is 0.821. The summed E-state index contributed by atoms with van der Waals surface area (Å²) in [5.41, 5.74) is 7.05. The second kappa shape index (κ2) is 4.90. The van der Waals surface area contributed by atoms with E-state index in [9.17, 15) is 8.42 Å². The number of benzene rings is 1. The van der Waals surface area contributed by atoms with Gasteiger partial charge in [-0.3, -0.25) is 0 Å². The summed E-state index contributed by atoms with van der Waals surface area (Å²) in [7, 11) is -3.60. The summed E-state index contributed by atoms with van der Waals surface area (Å²) < 4.78 is 27.9. The Morgan fingerprint density at radius 2 is 1.80 bits per heavy atom. The van der Waals surface area contributed by atoms with Gasteiger partial charge in [-0.2, -0.15) is 0 Å². The molecule has 6 heteroatoms. The van der Waals surface area contributed by atoms with Crippen LogP contribution in [-0.4, -0.2) is 14.5 Å². The predicted octanol–water partition coefficient (Wildman–Crippen LogP) is 2.70. The summed E-state index contributed by atoms with van der Waals surface area (Å²) in [5, 5.41) is 0.231. The smallest absolute Gasteiger partial charge is 0.242 e. The van der Waals surface area contributed by atoms with E-state index in [1.807, 2.05) is 6.92 Å². The Kier molecular flexibility index (Phi) is 3.47. The van der Waals surface area contributed by atoms with Crippen LogP contribution in [0.5, 0.6) is 0 Å². The fourth-order valence-electron chi connectivity index (χ4n) is 2.61. The molecule has 2 saturated carbocycles. The Hall–Kier alpha value is -0.780. The van der Waals surface area contributed by atoms with Crippen molar-refractivity contribution < 1.29 is 8.42 Å². The molecule has 2 fully saturated rings. The van der Waals surface area contributed by atoms with Crippen molar-refractivity contribution in [2.75, 3.05) is 5.73 Å². The summed E-state index contributed by atoms with van der Waals surface area (Å²) in [6, 6.07) is 3.13. The summed E-state index contributed by atoms with van der Waals surface area (Å²) >= 11 is 6.09. The van der Waals surface area contributed by atoms with Crippen LogP contribution in [0.2, 0.25) is 5.02 Å². The van der Waals surface area contributed by atoms with E-state index in [-0.39, 0.29) is 16.0 Å². The molecule has 0 unspecified atom stereocenters. The normalized spacial score (nSPS) is 19.6. The molecule has 20 heavy (non-hydrogen) atoms. The predicted molar refractivity (Wildman–Crippen MR) is 80.2 cm³/mol. The molecule has 4 nitrogen and oxygen atoms in total. The van der Waals surface area contributed by atoms with Gasteiger partial charge in [0.25, 0.3) is 0 Å². The van der Waals surface area contributed by atoms with Crippen molar-refractivity contribution in [1.82, 2.24) is 4.72 Å². The zero-order valence-corrected chi connectivity index (χ0v) is 13.0. The minimum Gasteiger partial charge on any atom is -0.398 e. The lowest BCUT2D eigenvalue weighted by molar-refractivity contribution is 0.471. The summed E-state index contributed by atoms with van der Waals surface area (Å²) in [5.74, 6) is 0.998. The van der Waals surface area contributed by atoms with Crippen molar-refractivity contribution in [1.29, 1.82) is 0 Å². The van der Waals surface area contributed by atoms with Gasteiger partial charge in [0.05, 0.1) is 5.02 Å². The third-order valence-electron chi connectivity index (χ3n) is 4.16. The molecular weight excluding hydrogens is 296 g/mol. The van der Waals surface area contributed by atoms with E-state index < -0.39 is 10.0 Å². The van der Waals surface area contributed by atoms with E-state index in [1.54, 1.807) is 6.07 Å². The number of sulfonamides is 1. The highest BCUT2D eigenvalue weighted by atomic mass is 35.5. The maximum absolute atomic E-state index is 12.5. The molecule has 2 aliphatic carbocycles. The van der Waals surface area contributed by atoms with Crippen LogP contribution in [0.4, 0.5) is 5.69 Å². The highest BCUT2D eigenvalue weighted by molar-refractivity contribution is 7.89. The molecule has 0 radical (unpaired) electrons. The molecule has 0 aliphatic heterocycles. The molecule has 0 saturated heterocycles. The minimum atomic E-state index is -3.60. The number of nitrogens with two attached hydrogens (primary N) is 1. The van der Waals surface area contributed by atoms with Crippen molar-refractivity contribution in [3.63, 3.8) is 0 Å². The number of hydrogen-bond acceptors (Lipinski definition) is 3. The Labute approximate surface area is 124 Å². The molecule has 0 bridgehead atoms. The van der Waals surface area contributed by atoms with E-state index in [1.165, 1.54) is 6.07 Å². The number of rotatable bonds is 5. The topological polar surface area (TPSA) is 72.2 Å².